The van der Waals surface area contributed by atoms with Crippen molar-refractivity contribution in [1.29, 1.82) is 0 Å². The second kappa shape index (κ2) is 6.68. The van der Waals surface area contributed by atoms with Gasteiger partial charge in [0.1, 0.15) is 6.04 Å². The van der Waals surface area contributed by atoms with Crippen molar-refractivity contribution in [2.45, 2.75) is 45.7 Å². The lowest BCUT2D eigenvalue weighted by Crippen LogP contribution is -2.42. The number of carbonyl (C=O) groups excluding carboxylic acids is 1. The molecule has 0 saturated carbocycles. The molecule has 3 N–H and O–H groups in total. The van der Waals surface area contributed by atoms with Crippen LogP contribution in [0.5, 0.6) is 0 Å². The van der Waals surface area contributed by atoms with E-state index in [1.807, 2.05) is 32.9 Å². The number of benzene rings is 1. The van der Waals surface area contributed by atoms with Crippen LogP contribution in [-0.2, 0) is 9.59 Å². The van der Waals surface area contributed by atoms with Gasteiger partial charge in [0.2, 0.25) is 5.91 Å². The van der Waals surface area contributed by atoms with Crippen LogP contribution in [0.25, 0.3) is 5.69 Å². The highest BCUT2D eigenvalue weighted by Crippen LogP contribution is 2.19. The number of carboxylic acid groups (broad SMARTS) is 1. The van der Waals surface area contributed by atoms with E-state index in [0.29, 0.717) is 18.7 Å². The van der Waals surface area contributed by atoms with E-state index in [4.69, 9.17) is 5.11 Å². The first-order chi connectivity index (χ1) is 11.8. The van der Waals surface area contributed by atoms with Crippen LogP contribution in [0.4, 0.5) is 5.82 Å². The molecule has 2 heterocycles. The van der Waals surface area contributed by atoms with Gasteiger partial charge in [-0.3, -0.25) is 14.9 Å². The number of rotatable bonds is 4. The van der Waals surface area contributed by atoms with Crippen molar-refractivity contribution in [1.82, 2.24) is 15.1 Å². The van der Waals surface area contributed by atoms with Crippen molar-refractivity contribution < 1.29 is 14.7 Å². The van der Waals surface area contributed by atoms with Gasteiger partial charge < -0.3 is 10.4 Å². The second-order valence-electron chi connectivity index (χ2n) is 6.61. The van der Waals surface area contributed by atoms with Crippen LogP contribution in [0.3, 0.4) is 0 Å². The summed E-state index contributed by atoms with van der Waals surface area (Å²) >= 11 is 0. The van der Waals surface area contributed by atoms with Crippen LogP contribution in [0.2, 0.25) is 0 Å². The zero-order valence-corrected chi connectivity index (χ0v) is 14.5. The lowest BCUT2D eigenvalue weighted by atomic mass is 10.1. The van der Waals surface area contributed by atoms with Gasteiger partial charge in [-0.25, -0.2) is 4.68 Å². The third-order valence-electron chi connectivity index (χ3n) is 4.35. The number of carboxylic acids is 1. The van der Waals surface area contributed by atoms with Crippen molar-refractivity contribution >= 4 is 17.7 Å². The Morgan fingerprint density at radius 2 is 1.76 bits per heavy atom. The smallest absolute Gasteiger partial charge is 0.320 e. The summed E-state index contributed by atoms with van der Waals surface area (Å²) in [7, 11) is 0. The monoisotopic (exact) mass is 342 g/mol. The molecule has 7 nitrogen and oxygen atoms in total. The summed E-state index contributed by atoms with van der Waals surface area (Å²) in [6, 6.07) is 6.80. The number of nitrogens with one attached hydrogen (secondary N) is 2. The first-order valence-corrected chi connectivity index (χ1v) is 8.28. The van der Waals surface area contributed by atoms with Gasteiger partial charge >= 0.3 is 5.97 Å². The first-order valence-electron chi connectivity index (χ1n) is 8.28. The Morgan fingerprint density at radius 1 is 1.12 bits per heavy atom. The standard InChI is InChI=1S/C18H22N4O3/c1-10-6-11(2)8-13(7-10)22-12(3)9-16(21-22)20-17(23)14-4-5-15(19-14)18(24)25/h6-9,14-15,19H,4-5H2,1-3H3,(H,24,25)(H,20,21,23)/t14-,15+/m1/s1. The molecule has 1 fully saturated rings. The van der Waals surface area contributed by atoms with E-state index in [-0.39, 0.29) is 5.91 Å². The molecule has 1 aliphatic rings. The number of aliphatic carboxylic acids is 1. The van der Waals surface area contributed by atoms with Gasteiger partial charge in [-0.15, -0.1) is 5.10 Å². The number of aromatic nitrogens is 2. The molecule has 132 valence electrons. The molecule has 3 rings (SSSR count). The zero-order chi connectivity index (χ0) is 18.1. The molecule has 0 bridgehead atoms. The minimum Gasteiger partial charge on any atom is -0.480 e. The lowest BCUT2D eigenvalue weighted by molar-refractivity contribution is -0.139. The van der Waals surface area contributed by atoms with Gasteiger partial charge in [0.05, 0.1) is 11.7 Å². The van der Waals surface area contributed by atoms with Crippen LogP contribution in [-0.4, -0.2) is 38.8 Å². The van der Waals surface area contributed by atoms with Crippen molar-refractivity contribution in [3.63, 3.8) is 0 Å². The van der Waals surface area contributed by atoms with Gasteiger partial charge in [-0.1, -0.05) is 6.07 Å². The summed E-state index contributed by atoms with van der Waals surface area (Å²) in [4.78, 5) is 23.3. The van der Waals surface area contributed by atoms with Gasteiger partial charge in [-0.2, -0.15) is 0 Å². The summed E-state index contributed by atoms with van der Waals surface area (Å²) < 4.78 is 1.79. The summed E-state index contributed by atoms with van der Waals surface area (Å²) in [5.74, 6) is -0.721. The van der Waals surface area contributed by atoms with Crippen LogP contribution >= 0.6 is 0 Å². The highest BCUT2D eigenvalue weighted by molar-refractivity contribution is 5.95. The number of anilines is 1. The highest BCUT2D eigenvalue weighted by atomic mass is 16.4. The van der Waals surface area contributed by atoms with Crippen LogP contribution < -0.4 is 10.6 Å². The molecule has 25 heavy (non-hydrogen) atoms. The highest BCUT2D eigenvalue weighted by Gasteiger charge is 2.33. The molecule has 2 aromatic rings. The molecule has 1 aliphatic heterocycles. The minimum absolute atomic E-state index is 0.256. The van der Waals surface area contributed by atoms with E-state index in [2.05, 4.69) is 21.8 Å². The summed E-state index contributed by atoms with van der Waals surface area (Å²) in [5.41, 5.74) is 4.14. The van der Waals surface area contributed by atoms with Crippen molar-refractivity contribution in [3.8, 4) is 5.69 Å². The fourth-order valence-electron chi connectivity index (χ4n) is 3.23. The molecule has 2 atom stereocenters. The SMILES string of the molecule is Cc1cc(C)cc(-n2nc(NC(=O)[C@H]3CC[C@@H](C(=O)O)N3)cc2C)c1. The molecule has 0 unspecified atom stereocenters. The Labute approximate surface area is 146 Å². The summed E-state index contributed by atoms with van der Waals surface area (Å²) in [6.45, 7) is 5.99. The fraction of sp³-hybridized carbons (Fsp3) is 0.389. The Morgan fingerprint density at radius 3 is 2.36 bits per heavy atom. The molecule has 1 amide bonds. The molecule has 1 saturated heterocycles. The topological polar surface area (TPSA) is 96.2 Å². The molecule has 1 aromatic carbocycles. The molecule has 1 aromatic heterocycles. The van der Waals surface area contributed by atoms with Crippen LogP contribution in [0.15, 0.2) is 24.3 Å². The largest absolute Gasteiger partial charge is 0.480 e. The Balaban J connectivity index is 1.74. The number of nitrogens with zero attached hydrogens (tertiary/aromatic N) is 2. The van der Waals surface area contributed by atoms with Gasteiger partial charge in [-0.05, 0) is 56.9 Å². The normalized spacial score (nSPS) is 19.8. The maximum absolute atomic E-state index is 12.3. The molecule has 0 spiro atoms. The van der Waals surface area contributed by atoms with Gasteiger partial charge in [0.25, 0.3) is 0 Å². The van der Waals surface area contributed by atoms with Gasteiger partial charge in [0.15, 0.2) is 5.82 Å². The second-order valence-corrected chi connectivity index (χ2v) is 6.61. The van der Waals surface area contributed by atoms with E-state index >= 15 is 0 Å². The number of carbonyl (C=O) groups is 2. The molecule has 0 aliphatic carbocycles. The number of hydrogen-bond acceptors (Lipinski definition) is 4. The third kappa shape index (κ3) is 3.71. The van der Waals surface area contributed by atoms with E-state index < -0.39 is 18.1 Å². The predicted octanol–water partition coefficient (Wildman–Crippen LogP) is 1.94. The maximum Gasteiger partial charge on any atom is 0.320 e. The Bertz CT molecular complexity index is 807. The van der Waals surface area contributed by atoms with Crippen molar-refractivity contribution in [2.24, 2.45) is 0 Å². The average molecular weight is 342 g/mol. The number of amides is 1. The summed E-state index contributed by atoms with van der Waals surface area (Å²) in [5, 5.41) is 19.1. The first kappa shape index (κ1) is 17.2. The average Bonchev–Trinajstić information content (AvgIpc) is 3.13. The molecular formula is C18H22N4O3. The minimum atomic E-state index is -0.926. The Kier molecular flexibility index (Phi) is 4.59. The van der Waals surface area contributed by atoms with E-state index in [1.54, 1.807) is 10.7 Å². The van der Waals surface area contributed by atoms with Crippen LogP contribution in [0, 0.1) is 20.8 Å². The molecule has 0 radical (unpaired) electrons. The van der Waals surface area contributed by atoms with E-state index in [0.717, 1.165) is 22.5 Å². The van der Waals surface area contributed by atoms with E-state index in [9.17, 15) is 9.59 Å². The van der Waals surface area contributed by atoms with E-state index in [1.165, 1.54) is 0 Å². The van der Waals surface area contributed by atoms with Gasteiger partial charge in [0, 0.05) is 11.8 Å². The Hall–Kier alpha value is -2.67. The zero-order valence-electron chi connectivity index (χ0n) is 14.5. The number of aryl methyl sites for hydroxylation is 3. The number of hydrogen-bond donors (Lipinski definition) is 3. The predicted molar refractivity (Wildman–Crippen MR) is 94.0 cm³/mol. The lowest BCUT2D eigenvalue weighted by Gasteiger charge is -2.11. The van der Waals surface area contributed by atoms with Crippen LogP contribution in [0.1, 0.15) is 29.7 Å². The quantitative estimate of drug-likeness (QED) is 0.789. The van der Waals surface area contributed by atoms with Crippen molar-refractivity contribution in [3.05, 3.63) is 41.1 Å². The third-order valence-corrected chi connectivity index (χ3v) is 4.35. The molecule has 7 heteroatoms. The summed E-state index contributed by atoms with van der Waals surface area (Å²) in [6.07, 6.45) is 0.947. The molecular weight excluding hydrogens is 320 g/mol. The maximum atomic E-state index is 12.3. The van der Waals surface area contributed by atoms with Crippen molar-refractivity contribution in [2.75, 3.05) is 5.32 Å². The fourth-order valence-corrected chi connectivity index (χ4v) is 3.23.